The standard InChI is InChI=1S/C23H22N8O3/c1-13-9-14(10-17-20(13)28-23(33)34-17)27-18-11-19(26-12-25-18)30-7-4-15(5-8-30)31-16-3-2-6-24-21(16)29-22(31)32/h2-3,6,9-12,15H,4-5,7-8H2,1H3,(H,28,33)(H,24,29,32)(H,25,26,27). The maximum atomic E-state index is 12.5. The Morgan fingerprint density at radius 3 is 2.79 bits per heavy atom. The third kappa shape index (κ3) is 3.51. The quantitative estimate of drug-likeness (QED) is 0.374. The van der Waals surface area contributed by atoms with Crippen LogP contribution in [0, 0.1) is 6.92 Å². The second-order valence-electron chi connectivity index (χ2n) is 8.46. The van der Waals surface area contributed by atoms with Crippen molar-refractivity contribution >= 4 is 39.6 Å². The summed E-state index contributed by atoms with van der Waals surface area (Å²) in [5.74, 6) is 0.978. The lowest BCUT2D eigenvalue weighted by molar-refractivity contribution is 0.395. The number of hydrogen-bond acceptors (Lipinski definition) is 8. The smallest absolute Gasteiger partial charge is 0.408 e. The van der Waals surface area contributed by atoms with Gasteiger partial charge in [0.25, 0.3) is 0 Å². The molecule has 4 aromatic heterocycles. The predicted octanol–water partition coefficient (Wildman–Crippen LogP) is 2.84. The minimum absolute atomic E-state index is 0.104. The van der Waals surface area contributed by atoms with Crippen molar-refractivity contribution in [3.05, 3.63) is 69.5 Å². The van der Waals surface area contributed by atoms with Crippen molar-refractivity contribution in [1.82, 2.24) is 29.5 Å². The van der Waals surface area contributed by atoms with Crippen LogP contribution in [0.1, 0.15) is 24.4 Å². The number of aromatic nitrogens is 6. The Bertz CT molecular complexity index is 1620. The van der Waals surface area contributed by atoms with E-state index in [9.17, 15) is 9.59 Å². The summed E-state index contributed by atoms with van der Waals surface area (Å²) in [4.78, 5) is 44.8. The number of pyridine rings is 1. The number of aryl methyl sites for hydroxylation is 1. The van der Waals surface area contributed by atoms with Crippen molar-refractivity contribution in [2.24, 2.45) is 0 Å². The van der Waals surface area contributed by atoms with E-state index in [1.807, 2.05) is 35.8 Å². The fourth-order valence-corrected chi connectivity index (χ4v) is 4.71. The number of rotatable bonds is 4. The molecule has 0 aliphatic carbocycles. The fraction of sp³-hybridized carbons (Fsp3) is 0.261. The first kappa shape index (κ1) is 20.2. The molecule has 0 atom stereocenters. The molecule has 1 saturated heterocycles. The molecule has 5 heterocycles. The number of oxazole rings is 1. The summed E-state index contributed by atoms with van der Waals surface area (Å²) in [7, 11) is 0. The van der Waals surface area contributed by atoms with Gasteiger partial charge in [-0.05, 0) is 43.5 Å². The minimum atomic E-state index is -0.478. The number of anilines is 3. The summed E-state index contributed by atoms with van der Waals surface area (Å²) in [6, 6.07) is 9.46. The van der Waals surface area contributed by atoms with Crippen molar-refractivity contribution in [3.8, 4) is 0 Å². The zero-order valence-electron chi connectivity index (χ0n) is 18.4. The Hall–Kier alpha value is -4.41. The lowest BCUT2D eigenvalue weighted by Crippen LogP contribution is -2.37. The van der Waals surface area contributed by atoms with Gasteiger partial charge >= 0.3 is 11.4 Å². The highest BCUT2D eigenvalue weighted by atomic mass is 16.4. The molecular weight excluding hydrogens is 436 g/mol. The first-order valence-electron chi connectivity index (χ1n) is 11.1. The van der Waals surface area contributed by atoms with Crippen LogP contribution in [0.3, 0.4) is 0 Å². The van der Waals surface area contributed by atoms with Crippen LogP contribution < -0.4 is 21.7 Å². The number of piperidine rings is 1. The van der Waals surface area contributed by atoms with Crippen molar-refractivity contribution in [1.29, 1.82) is 0 Å². The van der Waals surface area contributed by atoms with Crippen molar-refractivity contribution in [2.75, 3.05) is 23.3 Å². The second-order valence-corrected chi connectivity index (χ2v) is 8.46. The highest BCUT2D eigenvalue weighted by Gasteiger charge is 2.24. The molecular formula is C23H22N8O3. The average Bonchev–Trinajstić information content (AvgIpc) is 3.38. The number of imidazole rings is 1. The van der Waals surface area contributed by atoms with E-state index in [0.29, 0.717) is 22.6 Å². The topological polar surface area (TPSA) is 138 Å². The number of nitrogens with zero attached hydrogens (tertiary/aromatic N) is 5. The van der Waals surface area contributed by atoms with Crippen LogP contribution in [0.2, 0.25) is 0 Å². The maximum absolute atomic E-state index is 12.5. The van der Waals surface area contributed by atoms with E-state index in [4.69, 9.17) is 4.42 Å². The number of hydrogen-bond donors (Lipinski definition) is 3. The van der Waals surface area contributed by atoms with Crippen LogP contribution in [0.4, 0.5) is 17.3 Å². The van der Waals surface area contributed by atoms with Gasteiger partial charge in [-0.15, -0.1) is 0 Å². The molecule has 0 saturated carbocycles. The number of benzene rings is 1. The van der Waals surface area contributed by atoms with Crippen LogP contribution in [-0.2, 0) is 0 Å². The van der Waals surface area contributed by atoms with Crippen LogP contribution in [0.25, 0.3) is 22.3 Å². The van der Waals surface area contributed by atoms with Crippen molar-refractivity contribution in [3.63, 3.8) is 0 Å². The van der Waals surface area contributed by atoms with E-state index in [-0.39, 0.29) is 11.7 Å². The van der Waals surface area contributed by atoms with E-state index < -0.39 is 5.76 Å². The molecule has 1 fully saturated rings. The molecule has 1 aliphatic heterocycles. The summed E-state index contributed by atoms with van der Waals surface area (Å²) in [6.45, 7) is 3.43. The molecule has 5 aromatic rings. The van der Waals surface area contributed by atoms with Gasteiger partial charge in [-0.2, -0.15) is 0 Å². The average molecular weight is 458 g/mol. The molecule has 0 bridgehead atoms. The normalized spacial score (nSPS) is 14.8. The van der Waals surface area contributed by atoms with Gasteiger partial charge in [0, 0.05) is 43.1 Å². The van der Waals surface area contributed by atoms with Crippen molar-refractivity contribution < 1.29 is 4.42 Å². The molecule has 0 spiro atoms. The summed E-state index contributed by atoms with van der Waals surface area (Å²) in [5, 5.41) is 3.27. The van der Waals surface area contributed by atoms with E-state index in [2.05, 4.69) is 35.1 Å². The first-order chi connectivity index (χ1) is 16.5. The lowest BCUT2D eigenvalue weighted by Gasteiger charge is -2.33. The molecule has 0 radical (unpaired) electrons. The number of nitrogens with one attached hydrogen (secondary N) is 3. The monoisotopic (exact) mass is 458 g/mol. The largest absolute Gasteiger partial charge is 0.417 e. The molecule has 6 rings (SSSR count). The van der Waals surface area contributed by atoms with Gasteiger partial charge in [0.2, 0.25) is 0 Å². The van der Waals surface area contributed by atoms with Crippen LogP contribution in [-0.4, -0.2) is 42.6 Å². The van der Waals surface area contributed by atoms with Gasteiger partial charge in [0.05, 0.1) is 11.0 Å². The molecule has 34 heavy (non-hydrogen) atoms. The van der Waals surface area contributed by atoms with E-state index in [1.54, 1.807) is 12.3 Å². The van der Waals surface area contributed by atoms with Crippen LogP contribution in [0.5, 0.6) is 0 Å². The molecule has 172 valence electrons. The van der Waals surface area contributed by atoms with Crippen LogP contribution >= 0.6 is 0 Å². The van der Waals surface area contributed by atoms with E-state index in [0.717, 1.165) is 48.5 Å². The highest BCUT2D eigenvalue weighted by Crippen LogP contribution is 2.28. The van der Waals surface area contributed by atoms with Gasteiger partial charge in [-0.1, -0.05) is 0 Å². The highest BCUT2D eigenvalue weighted by molar-refractivity contribution is 5.81. The fourth-order valence-electron chi connectivity index (χ4n) is 4.71. The number of H-pyrrole nitrogens is 2. The number of fused-ring (bicyclic) bond motifs is 2. The van der Waals surface area contributed by atoms with Gasteiger partial charge in [0.1, 0.15) is 18.0 Å². The zero-order valence-corrected chi connectivity index (χ0v) is 18.4. The Balaban J connectivity index is 1.19. The van der Waals surface area contributed by atoms with Gasteiger partial charge in [-0.3, -0.25) is 14.5 Å². The molecule has 11 heteroatoms. The van der Waals surface area contributed by atoms with Gasteiger partial charge in [0.15, 0.2) is 11.2 Å². The summed E-state index contributed by atoms with van der Waals surface area (Å²) in [5.41, 5.74) is 4.18. The summed E-state index contributed by atoms with van der Waals surface area (Å²) < 4.78 is 7.02. The van der Waals surface area contributed by atoms with Crippen molar-refractivity contribution in [2.45, 2.75) is 25.8 Å². The summed E-state index contributed by atoms with van der Waals surface area (Å²) >= 11 is 0. The number of aromatic amines is 2. The van der Waals surface area contributed by atoms with E-state index in [1.165, 1.54) is 6.33 Å². The second kappa shape index (κ2) is 7.87. The Morgan fingerprint density at radius 2 is 1.94 bits per heavy atom. The predicted molar refractivity (Wildman–Crippen MR) is 128 cm³/mol. The minimum Gasteiger partial charge on any atom is -0.408 e. The molecule has 0 amide bonds. The third-order valence-corrected chi connectivity index (χ3v) is 6.30. The van der Waals surface area contributed by atoms with Gasteiger partial charge in [-0.25, -0.2) is 24.5 Å². The lowest BCUT2D eigenvalue weighted by atomic mass is 10.0. The SMILES string of the molecule is Cc1cc(Nc2cc(N3CCC(n4c(=O)[nH]c5ncccc54)CC3)ncn2)cc2oc(=O)[nH]c12. The molecule has 0 unspecified atom stereocenters. The van der Waals surface area contributed by atoms with Crippen LogP contribution in [0.15, 0.2) is 56.9 Å². The molecule has 1 aliphatic rings. The molecule has 1 aromatic carbocycles. The van der Waals surface area contributed by atoms with E-state index >= 15 is 0 Å². The molecule has 11 nitrogen and oxygen atoms in total. The molecule has 3 N–H and O–H groups in total. The first-order valence-corrected chi connectivity index (χ1v) is 11.1. The maximum Gasteiger partial charge on any atom is 0.417 e. The van der Waals surface area contributed by atoms with Gasteiger partial charge < -0.3 is 14.6 Å². The summed E-state index contributed by atoms with van der Waals surface area (Å²) in [6.07, 6.45) is 4.84. The zero-order chi connectivity index (χ0) is 23.2. The Kier molecular flexibility index (Phi) is 4.68. The Labute approximate surface area is 192 Å². The third-order valence-electron chi connectivity index (χ3n) is 6.30. The Morgan fingerprint density at radius 1 is 1.09 bits per heavy atom.